The number of aromatic amines is 2. The molecule has 2 aromatic heterocycles. The van der Waals surface area contributed by atoms with Crippen molar-refractivity contribution < 1.29 is 0 Å². The maximum absolute atomic E-state index is 5.81. The Kier molecular flexibility index (Phi) is 2.22. The molecular formula is C10H15N5. The fraction of sp³-hybridized carbons (Fsp3) is 0.400. The second-order valence-electron chi connectivity index (χ2n) is 3.99. The van der Waals surface area contributed by atoms with Gasteiger partial charge < -0.3 is 5.73 Å². The first-order chi connectivity index (χ1) is 7.09. The van der Waals surface area contributed by atoms with Crippen LogP contribution in [0.3, 0.4) is 0 Å². The number of hydrogen-bond donors (Lipinski definition) is 3. The lowest BCUT2D eigenvalue weighted by molar-refractivity contribution is 0.871. The lowest BCUT2D eigenvalue weighted by Crippen LogP contribution is -1.95. The Morgan fingerprint density at radius 1 is 1.27 bits per heavy atom. The van der Waals surface area contributed by atoms with Crippen molar-refractivity contribution in [3.05, 3.63) is 17.3 Å². The van der Waals surface area contributed by atoms with Gasteiger partial charge in [0.2, 0.25) is 0 Å². The van der Waals surface area contributed by atoms with Gasteiger partial charge >= 0.3 is 0 Å². The van der Waals surface area contributed by atoms with Crippen LogP contribution in [0.2, 0.25) is 0 Å². The molecule has 0 atom stereocenters. The predicted molar refractivity (Wildman–Crippen MR) is 59.4 cm³/mol. The van der Waals surface area contributed by atoms with Crippen molar-refractivity contribution in [2.45, 2.75) is 26.7 Å². The monoisotopic (exact) mass is 205 g/mol. The molecule has 0 bridgehead atoms. The summed E-state index contributed by atoms with van der Waals surface area (Å²) in [5, 5.41) is 14.0. The van der Waals surface area contributed by atoms with Gasteiger partial charge in [-0.05, 0) is 18.9 Å². The van der Waals surface area contributed by atoms with Gasteiger partial charge in [0, 0.05) is 11.3 Å². The summed E-state index contributed by atoms with van der Waals surface area (Å²) in [7, 11) is 0. The van der Waals surface area contributed by atoms with E-state index in [2.05, 4.69) is 34.2 Å². The summed E-state index contributed by atoms with van der Waals surface area (Å²) in [5.41, 5.74) is 9.63. The van der Waals surface area contributed by atoms with Crippen LogP contribution < -0.4 is 5.73 Å². The quantitative estimate of drug-likeness (QED) is 0.699. The highest BCUT2D eigenvalue weighted by atomic mass is 15.2. The number of rotatable bonds is 2. The number of hydrogen-bond acceptors (Lipinski definition) is 3. The molecule has 0 unspecified atom stereocenters. The molecule has 0 aliphatic heterocycles. The Morgan fingerprint density at radius 2 is 2.00 bits per heavy atom. The molecule has 2 aromatic rings. The molecule has 0 aromatic carbocycles. The average Bonchev–Trinajstić information content (AvgIpc) is 2.71. The van der Waals surface area contributed by atoms with E-state index in [9.17, 15) is 0 Å². The van der Waals surface area contributed by atoms with Crippen LogP contribution in [0.15, 0.2) is 6.07 Å². The summed E-state index contributed by atoms with van der Waals surface area (Å²) in [4.78, 5) is 0. The van der Waals surface area contributed by atoms with E-state index in [4.69, 9.17) is 5.73 Å². The van der Waals surface area contributed by atoms with Gasteiger partial charge in [-0.3, -0.25) is 10.2 Å². The summed E-state index contributed by atoms with van der Waals surface area (Å²) < 4.78 is 0. The molecule has 0 spiro atoms. The van der Waals surface area contributed by atoms with Crippen LogP contribution in [-0.4, -0.2) is 20.4 Å². The molecule has 0 aliphatic carbocycles. The van der Waals surface area contributed by atoms with E-state index < -0.39 is 0 Å². The molecule has 5 nitrogen and oxygen atoms in total. The van der Waals surface area contributed by atoms with Gasteiger partial charge in [0.05, 0.1) is 5.69 Å². The molecule has 2 heterocycles. The molecule has 15 heavy (non-hydrogen) atoms. The summed E-state index contributed by atoms with van der Waals surface area (Å²) in [6, 6.07) is 1.97. The molecule has 2 rings (SSSR count). The van der Waals surface area contributed by atoms with Crippen molar-refractivity contribution >= 4 is 5.82 Å². The summed E-state index contributed by atoms with van der Waals surface area (Å²) in [5.74, 6) is 0.886. The minimum atomic E-state index is 0.329. The Labute approximate surface area is 88.1 Å². The minimum Gasteiger partial charge on any atom is -0.382 e. The average molecular weight is 205 g/mol. The van der Waals surface area contributed by atoms with Gasteiger partial charge in [-0.25, -0.2) is 0 Å². The number of aryl methyl sites for hydroxylation is 1. The number of nitrogens with one attached hydrogen (secondary N) is 2. The normalized spacial score (nSPS) is 11.2. The van der Waals surface area contributed by atoms with Crippen molar-refractivity contribution in [2.75, 3.05) is 5.73 Å². The zero-order valence-corrected chi connectivity index (χ0v) is 9.13. The third-order valence-corrected chi connectivity index (χ3v) is 2.37. The lowest BCUT2D eigenvalue weighted by atomic mass is 10.0. The smallest absolute Gasteiger partial charge is 0.149 e. The van der Waals surface area contributed by atoms with Crippen LogP contribution >= 0.6 is 0 Å². The van der Waals surface area contributed by atoms with Crippen molar-refractivity contribution in [1.82, 2.24) is 20.4 Å². The summed E-state index contributed by atoms with van der Waals surface area (Å²) >= 11 is 0. The molecule has 0 saturated carbocycles. The minimum absolute atomic E-state index is 0.329. The van der Waals surface area contributed by atoms with E-state index >= 15 is 0 Å². The zero-order chi connectivity index (χ0) is 11.0. The van der Waals surface area contributed by atoms with Crippen LogP contribution in [0.25, 0.3) is 11.4 Å². The topological polar surface area (TPSA) is 83.4 Å². The number of anilines is 1. The van der Waals surface area contributed by atoms with Gasteiger partial charge in [0.25, 0.3) is 0 Å². The van der Waals surface area contributed by atoms with Gasteiger partial charge in [0.1, 0.15) is 11.5 Å². The Balaban J connectivity index is 2.53. The van der Waals surface area contributed by atoms with E-state index in [0.717, 1.165) is 22.6 Å². The van der Waals surface area contributed by atoms with Crippen molar-refractivity contribution in [2.24, 2.45) is 0 Å². The molecule has 80 valence electrons. The Morgan fingerprint density at radius 3 is 2.53 bits per heavy atom. The number of nitrogens with zero attached hydrogens (tertiary/aromatic N) is 2. The molecule has 4 N–H and O–H groups in total. The van der Waals surface area contributed by atoms with Gasteiger partial charge in [-0.2, -0.15) is 10.2 Å². The Bertz CT molecular complexity index is 466. The molecule has 5 heteroatoms. The van der Waals surface area contributed by atoms with Crippen LogP contribution in [0.1, 0.15) is 31.0 Å². The first-order valence-electron chi connectivity index (χ1n) is 4.95. The molecule has 0 fully saturated rings. The summed E-state index contributed by atoms with van der Waals surface area (Å²) in [6.07, 6.45) is 0. The van der Waals surface area contributed by atoms with Crippen LogP contribution in [0, 0.1) is 6.92 Å². The van der Waals surface area contributed by atoms with Crippen molar-refractivity contribution in [3.8, 4) is 11.4 Å². The SMILES string of the molecule is Cc1cc(-c2[nH]nc(N)c2C(C)C)n[nH]1. The maximum Gasteiger partial charge on any atom is 0.149 e. The van der Waals surface area contributed by atoms with E-state index in [-0.39, 0.29) is 0 Å². The maximum atomic E-state index is 5.81. The third-order valence-electron chi connectivity index (χ3n) is 2.37. The second-order valence-corrected chi connectivity index (χ2v) is 3.99. The number of nitrogen functional groups attached to an aromatic ring is 1. The molecule has 0 aliphatic rings. The highest BCUT2D eigenvalue weighted by Crippen LogP contribution is 2.30. The molecule has 0 radical (unpaired) electrons. The van der Waals surface area contributed by atoms with Crippen molar-refractivity contribution in [3.63, 3.8) is 0 Å². The van der Waals surface area contributed by atoms with Gasteiger partial charge in [0.15, 0.2) is 0 Å². The van der Waals surface area contributed by atoms with E-state index in [1.54, 1.807) is 0 Å². The lowest BCUT2D eigenvalue weighted by Gasteiger charge is -2.04. The van der Waals surface area contributed by atoms with Crippen LogP contribution in [0.5, 0.6) is 0 Å². The van der Waals surface area contributed by atoms with Gasteiger partial charge in [-0.1, -0.05) is 13.8 Å². The first kappa shape index (κ1) is 9.76. The Hall–Kier alpha value is -1.78. The highest BCUT2D eigenvalue weighted by molar-refractivity contribution is 5.66. The van der Waals surface area contributed by atoms with Crippen LogP contribution in [-0.2, 0) is 0 Å². The standard InChI is InChI=1S/C10H15N5/c1-5(2)8-9(14-15-10(8)11)7-4-6(3)12-13-7/h4-5H,1-3H3,(H,12,13)(H3,11,14,15). The zero-order valence-electron chi connectivity index (χ0n) is 9.13. The van der Waals surface area contributed by atoms with Crippen LogP contribution in [0.4, 0.5) is 5.82 Å². The number of nitrogens with two attached hydrogens (primary N) is 1. The van der Waals surface area contributed by atoms with E-state index in [0.29, 0.717) is 11.7 Å². The highest BCUT2D eigenvalue weighted by Gasteiger charge is 2.17. The molecular weight excluding hydrogens is 190 g/mol. The first-order valence-corrected chi connectivity index (χ1v) is 4.95. The summed E-state index contributed by atoms with van der Waals surface area (Å²) in [6.45, 7) is 6.14. The number of aromatic nitrogens is 4. The molecule has 0 saturated heterocycles. The predicted octanol–water partition coefficient (Wildman–Crippen LogP) is 1.81. The largest absolute Gasteiger partial charge is 0.382 e. The van der Waals surface area contributed by atoms with E-state index in [1.165, 1.54) is 0 Å². The molecule has 0 amide bonds. The second kappa shape index (κ2) is 3.42. The van der Waals surface area contributed by atoms with Gasteiger partial charge in [-0.15, -0.1) is 0 Å². The third kappa shape index (κ3) is 1.60. The number of H-pyrrole nitrogens is 2. The fourth-order valence-corrected chi connectivity index (χ4v) is 1.69. The van der Waals surface area contributed by atoms with E-state index in [1.807, 2.05) is 13.0 Å². The van der Waals surface area contributed by atoms with Crippen molar-refractivity contribution in [1.29, 1.82) is 0 Å². The fourth-order valence-electron chi connectivity index (χ4n) is 1.69.